The molecule has 4 fully saturated rings. The first-order valence-electron chi connectivity index (χ1n) is 22.6. The zero-order chi connectivity index (χ0) is 43.4. The number of nitrogens with zero attached hydrogens (tertiary/aromatic N) is 10. The smallest absolute Gasteiger partial charge is 0.249 e. The van der Waals surface area contributed by atoms with Gasteiger partial charge in [0.25, 0.3) is 0 Å². The van der Waals surface area contributed by atoms with Crippen LogP contribution in [0.5, 0.6) is 0 Å². The van der Waals surface area contributed by atoms with Crippen molar-refractivity contribution in [2.45, 2.75) is 100 Å². The van der Waals surface area contributed by atoms with Crippen molar-refractivity contribution in [1.82, 2.24) is 44.6 Å². The Labute approximate surface area is 369 Å². The summed E-state index contributed by atoms with van der Waals surface area (Å²) in [6.07, 6.45) is 19.4. The van der Waals surface area contributed by atoms with E-state index in [-0.39, 0.29) is 41.6 Å². The van der Waals surface area contributed by atoms with Gasteiger partial charge in [-0.05, 0) is 113 Å². The summed E-state index contributed by atoms with van der Waals surface area (Å²) in [5.74, 6) is 0.141. The third kappa shape index (κ3) is 7.45. The molecule has 3 saturated heterocycles. The van der Waals surface area contributed by atoms with Crippen molar-refractivity contribution in [3.63, 3.8) is 0 Å². The van der Waals surface area contributed by atoms with E-state index in [1.165, 1.54) is 11.6 Å². The molecule has 1 saturated carbocycles. The van der Waals surface area contributed by atoms with Crippen molar-refractivity contribution >= 4 is 28.8 Å². The van der Waals surface area contributed by atoms with Gasteiger partial charge in [-0.25, -0.2) is 18.9 Å². The fourth-order valence-corrected chi connectivity index (χ4v) is 10.8. The average Bonchev–Trinajstić information content (AvgIpc) is 4.09. The van der Waals surface area contributed by atoms with Gasteiger partial charge in [-0.15, -0.1) is 0 Å². The van der Waals surface area contributed by atoms with Gasteiger partial charge in [0.2, 0.25) is 11.8 Å². The second-order valence-electron chi connectivity index (χ2n) is 18.0. The number of anilines is 2. The van der Waals surface area contributed by atoms with Gasteiger partial charge in [0, 0.05) is 66.5 Å². The summed E-state index contributed by atoms with van der Waals surface area (Å²) in [7, 11) is 0. The van der Waals surface area contributed by atoms with Gasteiger partial charge in [-0.2, -0.15) is 15.5 Å². The molecule has 4 aliphatic heterocycles. The lowest BCUT2D eigenvalue weighted by Gasteiger charge is -2.41. The fraction of sp³-hybridized carbons (Fsp3) is 0.417. The SMILES string of the molecule is N#Cc1cnn2cc(-c3cnn([C@H]4CC[C@H](N5CCC(c6ccc(NC7CCC(=O)NC7=O)cc6F)CC5)CC4)c3)nc(-c3ccc(N4CCC5(CC4)OCc4cccnc45)nc3)c12. The molecule has 64 heavy (non-hydrogen) atoms. The molecular formula is C48H49FN12O3. The summed E-state index contributed by atoms with van der Waals surface area (Å²) in [6.45, 7) is 4.08. The fourth-order valence-electron chi connectivity index (χ4n) is 10.8. The van der Waals surface area contributed by atoms with E-state index in [9.17, 15) is 14.9 Å². The Morgan fingerprint density at radius 2 is 1.70 bits per heavy atom. The van der Waals surface area contributed by atoms with Gasteiger partial charge in [0.05, 0.1) is 48.3 Å². The predicted octanol–water partition coefficient (Wildman–Crippen LogP) is 6.67. The van der Waals surface area contributed by atoms with E-state index in [1.54, 1.807) is 10.7 Å². The van der Waals surface area contributed by atoms with Crippen LogP contribution in [0.2, 0.25) is 0 Å². The van der Waals surface area contributed by atoms with Crippen LogP contribution in [0.3, 0.4) is 0 Å². The van der Waals surface area contributed by atoms with Crippen molar-refractivity contribution < 1.29 is 18.7 Å². The van der Waals surface area contributed by atoms with Gasteiger partial charge in [0.1, 0.15) is 40.4 Å². The van der Waals surface area contributed by atoms with Gasteiger partial charge < -0.3 is 19.9 Å². The first kappa shape index (κ1) is 40.2. The number of aromatic nitrogens is 7. The third-order valence-electron chi connectivity index (χ3n) is 14.4. The number of carbonyl (C=O) groups excluding carboxylic acids is 2. The molecular weight excluding hydrogens is 812 g/mol. The van der Waals surface area contributed by atoms with Crippen LogP contribution >= 0.6 is 0 Å². The Morgan fingerprint density at radius 1 is 0.875 bits per heavy atom. The van der Waals surface area contributed by atoms with E-state index in [2.05, 4.69) is 53.5 Å². The minimum atomic E-state index is -0.544. The highest BCUT2D eigenvalue weighted by Crippen LogP contribution is 2.44. The lowest BCUT2D eigenvalue weighted by Crippen LogP contribution is -2.47. The maximum absolute atomic E-state index is 15.4. The van der Waals surface area contributed by atoms with Gasteiger partial charge in [-0.1, -0.05) is 12.1 Å². The second kappa shape index (κ2) is 16.5. The molecule has 2 N–H and O–H groups in total. The molecule has 5 aromatic heterocycles. The van der Waals surface area contributed by atoms with E-state index in [1.807, 2.05) is 55.1 Å². The molecule has 1 aromatic carbocycles. The Bertz CT molecular complexity index is 2770. The molecule has 2 amide bonds. The molecule has 5 aliphatic rings. The zero-order valence-corrected chi connectivity index (χ0v) is 35.5. The van der Waals surface area contributed by atoms with Crippen LogP contribution in [0, 0.1) is 17.1 Å². The highest BCUT2D eigenvalue weighted by atomic mass is 19.1. The van der Waals surface area contributed by atoms with Crippen LogP contribution in [0.4, 0.5) is 15.9 Å². The normalized spacial score (nSPS) is 22.7. The molecule has 1 unspecified atom stereocenters. The lowest BCUT2D eigenvalue weighted by atomic mass is 9.85. The van der Waals surface area contributed by atoms with E-state index >= 15 is 4.39 Å². The third-order valence-corrected chi connectivity index (χ3v) is 14.4. The lowest BCUT2D eigenvalue weighted by molar-refractivity contribution is -0.133. The summed E-state index contributed by atoms with van der Waals surface area (Å²) in [4.78, 5) is 43.3. The number of nitriles is 1. The second-order valence-corrected chi connectivity index (χ2v) is 18.0. The van der Waals surface area contributed by atoms with Crippen molar-refractivity contribution in [1.29, 1.82) is 5.26 Å². The highest BCUT2D eigenvalue weighted by molar-refractivity contribution is 6.01. The van der Waals surface area contributed by atoms with Gasteiger partial charge >= 0.3 is 0 Å². The predicted molar refractivity (Wildman–Crippen MR) is 235 cm³/mol. The van der Waals surface area contributed by atoms with Crippen LogP contribution in [0.15, 0.2) is 79.6 Å². The molecule has 15 nitrogen and oxygen atoms in total. The minimum Gasteiger partial charge on any atom is -0.374 e. The molecule has 16 heteroatoms. The molecule has 1 aliphatic carbocycles. The van der Waals surface area contributed by atoms with Crippen LogP contribution in [0.1, 0.15) is 98.6 Å². The standard InChI is InChI=1S/C48H49FN12O3/c49-39-22-35(55-40-10-12-43(62)57-47(40)63)4-9-38(39)30-13-18-58(19-14-30)36-5-7-37(8-6-36)60-27-34(26-53-60)41-28-61-45(33(23-50)25-54-61)44(56-41)31-3-11-42(52-24-31)59-20-15-48(16-21-59)46-32(29-64-48)2-1-17-51-46/h1-4,9,11,17,22,24-28,30,36-37,40,55H,5-8,10,12-16,18-21,29H2,(H,57,62,63)/t36-,37-,40?. The Balaban J connectivity index is 0.719. The van der Waals surface area contributed by atoms with Crippen LogP contribution in [-0.2, 0) is 26.5 Å². The largest absolute Gasteiger partial charge is 0.374 e. The van der Waals surface area contributed by atoms with Crippen LogP contribution in [-0.4, -0.2) is 89.3 Å². The first-order valence-corrected chi connectivity index (χ1v) is 22.6. The summed E-state index contributed by atoms with van der Waals surface area (Å²) in [5, 5.41) is 24.8. The van der Waals surface area contributed by atoms with Crippen LogP contribution in [0.25, 0.3) is 28.0 Å². The highest BCUT2D eigenvalue weighted by Gasteiger charge is 2.44. The summed E-state index contributed by atoms with van der Waals surface area (Å²) >= 11 is 0. The number of likely N-dealkylation sites (tertiary alicyclic amines) is 1. The van der Waals surface area contributed by atoms with Crippen molar-refractivity contribution in [2.24, 2.45) is 0 Å². The molecule has 326 valence electrons. The van der Waals surface area contributed by atoms with E-state index in [4.69, 9.17) is 19.8 Å². The molecule has 1 spiro atoms. The Hall–Kier alpha value is -6.57. The topological polar surface area (TPSA) is 171 Å². The van der Waals surface area contributed by atoms with Crippen molar-refractivity contribution in [2.75, 3.05) is 36.4 Å². The molecule has 0 bridgehead atoms. The number of halogens is 1. The first-order chi connectivity index (χ1) is 31.3. The number of ether oxygens (including phenoxy) is 1. The number of fused-ring (bicyclic) bond motifs is 3. The number of benzene rings is 1. The molecule has 1 atom stereocenters. The number of nitrogens with one attached hydrogen (secondary N) is 2. The number of rotatable bonds is 8. The molecule has 9 heterocycles. The maximum Gasteiger partial charge on any atom is 0.249 e. The van der Waals surface area contributed by atoms with Crippen molar-refractivity contribution in [3.05, 3.63) is 108 Å². The van der Waals surface area contributed by atoms with Crippen LogP contribution < -0.4 is 15.5 Å². The zero-order valence-electron chi connectivity index (χ0n) is 35.5. The van der Waals surface area contributed by atoms with Gasteiger partial charge in [0.15, 0.2) is 0 Å². The van der Waals surface area contributed by atoms with Gasteiger partial charge in [-0.3, -0.25) is 24.6 Å². The monoisotopic (exact) mass is 860 g/mol. The average molecular weight is 861 g/mol. The molecule has 11 rings (SSSR count). The Kier molecular flexibility index (Phi) is 10.4. The number of amides is 2. The van der Waals surface area contributed by atoms with E-state index < -0.39 is 6.04 Å². The number of piperidine rings is 3. The maximum atomic E-state index is 15.4. The number of imide groups is 1. The Morgan fingerprint density at radius 3 is 2.47 bits per heavy atom. The minimum absolute atomic E-state index is 0.148. The number of hydrogen-bond donors (Lipinski definition) is 2. The van der Waals surface area contributed by atoms with E-state index in [0.29, 0.717) is 47.2 Å². The quantitative estimate of drug-likeness (QED) is 0.156. The molecule has 0 radical (unpaired) electrons. The van der Waals surface area contributed by atoms with Crippen molar-refractivity contribution in [3.8, 4) is 28.6 Å². The summed E-state index contributed by atoms with van der Waals surface area (Å²) < 4.78 is 25.5. The summed E-state index contributed by atoms with van der Waals surface area (Å²) in [6, 6.07) is 15.8. The molecule has 6 aromatic rings. The number of hydrogen-bond acceptors (Lipinski definition) is 12. The number of carbonyl (C=O) groups is 2. The number of pyridine rings is 2. The summed E-state index contributed by atoms with van der Waals surface area (Å²) in [5.41, 5.74) is 7.34. The van der Waals surface area contributed by atoms with E-state index in [0.717, 1.165) is 106 Å².